The average Bonchev–Trinajstić information content (AvgIpc) is 2.52. The van der Waals surface area contributed by atoms with Crippen molar-refractivity contribution >= 4 is 11.8 Å². The normalized spacial score (nSPS) is 12.3. The van der Waals surface area contributed by atoms with Crippen LogP contribution in [0.3, 0.4) is 0 Å². The summed E-state index contributed by atoms with van der Waals surface area (Å²) in [7, 11) is 0. The topological polar surface area (TPSA) is 24.9 Å². The number of thioether (sulfide) groups is 1. The van der Waals surface area contributed by atoms with E-state index in [1.807, 2.05) is 24.5 Å². The van der Waals surface area contributed by atoms with Crippen molar-refractivity contribution in [3.63, 3.8) is 0 Å². The second-order valence-electron chi connectivity index (χ2n) is 4.98. The molecule has 1 aromatic heterocycles. The molecule has 0 amide bonds. The van der Waals surface area contributed by atoms with Crippen molar-refractivity contribution in [2.75, 3.05) is 12.3 Å². The zero-order valence-electron chi connectivity index (χ0n) is 12.3. The summed E-state index contributed by atoms with van der Waals surface area (Å²) in [4.78, 5) is 5.16. The van der Waals surface area contributed by atoms with E-state index in [0.29, 0.717) is 6.04 Å². The summed E-state index contributed by atoms with van der Waals surface area (Å²) in [6.45, 7) is 3.18. The van der Waals surface area contributed by atoms with Gasteiger partial charge in [0.15, 0.2) is 0 Å². The molecule has 1 atom stereocenters. The van der Waals surface area contributed by atoms with Gasteiger partial charge in [0.1, 0.15) is 5.82 Å². The van der Waals surface area contributed by atoms with Gasteiger partial charge in [-0.25, -0.2) is 4.39 Å². The molecule has 4 heteroatoms. The lowest BCUT2D eigenvalue weighted by Crippen LogP contribution is -2.34. The Kier molecular flexibility index (Phi) is 6.70. The summed E-state index contributed by atoms with van der Waals surface area (Å²) in [6, 6.07) is 11.2. The van der Waals surface area contributed by atoms with Crippen molar-refractivity contribution in [1.82, 2.24) is 10.3 Å². The van der Waals surface area contributed by atoms with Crippen LogP contribution in [0, 0.1) is 5.82 Å². The molecule has 112 valence electrons. The Hall–Kier alpha value is -1.39. The number of halogens is 1. The van der Waals surface area contributed by atoms with E-state index < -0.39 is 0 Å². The summed E-state index contributed by atoms with van der Waals surface area (Å²) in [5.41, 5.74) is 1.29. The summed E-state index contributed by atoms with van der Waals surface area (Å²) in [5.74, 6) is 0.783. The maximum Gasteiger partial charge on any atom is 0.123 e. The third kappa shape index (κ3) is 5.86. The van der Waals surface area contributed by atoms with E-state index in [-0.39, 0.29) is 5.82 Å². The number of rotatable bonds is 8. The Morgan fingerprint density at radius 2 is 1.86 bits per heavy atom. The molecule has 0 fully saturated rings. The number of benzene rings is 1. The smallest absolute Gasteiger partial charge is 0.123 e. The van der Waals surface area contributed by atoms with Crippen LogP contribution in [-0.4, -0.2) is 23.3 Å². The molecule has 2 aromatic rings. The van der Waals surface area contributed by atoms with Crippen molar-refractivity contribution in [1.29, 1.82) is 0 Å². The zero-order chi connectivity index (χ0) is 14.9. The fourth-order valence-electron chi connectivity index (χ4n) is 2.07. The van der Waals surface area contributed by atoms with Crippen molar-refractivity contribution in [2.45, 2.75) is 30.7 Å². The Labute approximate surface area is 130 Å². The van der Waals surface area contributed by atoms with Crippen LogP contribution >= 0.6 is 11.8 Å². The number of hydrogen-bond acceptors (Lipinski definition) is 3. The molecule has 0 saturated carbocycles. The zero-order valence-corrected chi connectivity index (χ0v) is 13.1. The maximum absolute atomic E-state index is 12.9. The highest BCUT2D eigenvalue weighted by atomic mass is 32.2. The largest absolute Gasteiger partial charge is 0.313 e. The molecule has 1 heterocycles. The Bertz CT molecular complexity index is 516. The van der Waals surface area contributed by atoms with Crippen LogP contribution in [0.25, 0.3) is 0 Å². The van der Waals surface area contributed by atoms with Crippen LogP contribution in [-0.2, 0) is 6.42 Å². The van der Waals surface area contributed by atoms with Crippen LogP contribution in [0.1, 0.15) is 18.9 Å². The van der Waals surface area contributed by atoms with Crippen molar-refractivity contribution in [3.05, 3.63) is 60.2 Å². The van der Waals surface area contributed by atoms with E-state index in [1.165, 1.54) is 17.7 Å². The first-order valence-corrected chi connectivity index (χ1v) is 8.27. The predicted molar refractivity (Wildman–Crippen MR) is 87.1 cm³/mol. The molecule has 1 aromatic carbocycles. The Morgan fingerprint density at radius 3 is 2.52 bits per heavy atom. The standard InChI is InChI=1S/C17H21FN2S/c1-2-9-20-16(12-14-7-10-19-11-8-14)13-21-17-5-3-15(18)4-6-17/h3-8,10-11,16,20H,2,9,12-13H2,1H3. The van der Waals surface area contributed by atoms with Crippen LogP contribution in [0.5, 0.6) is 0 Å². The molecule has 0 spiro atoms. The quantitative estimate of drug-likeness (QED) is 0.748. The van der Waals surface area contributed by atoms with E-state index in [9.17, 15) is 4.39 Å². The van der Waals surface area contributed by atoms with Gasteiger partial charge in [0.05, 0.1) is 0 Å². The van der Waals surface area contributed by atoms with Gasteiger partial charge in [0.25, 0.3) is 0 Å². The first kappa shape index (κ1) is 16.0. The second kappa shape index (κ2) is 8.80. The fourth-order valence-corrected chi connectivity index (χ4v) is 3.03. The number of pyridine rings is 1. The van der Waals surface area contributed by atoms with Gasteiger partial charge in [0, 0.05) is 29.1 Å². The van der Waals surface area contributed by atoms with E-state index in [4.69, 9.17) is 0 Å². The molecule has 0 aliphatic carbocycles. The van der Waals surface area contributed by atoms with Crippen molar-refractivity contribution < 1.29 is 4.39 Å². The number of aromatic nitrogens is 1. The van der Waals surface area contributed by atoms with E-state index >= 15 is 0 Å². The molecule has 2 rings (SSSR count). The lowest BCUT2D eigenvalue weighted by molar-refractivity contribution is 0.550. The van der Waals surface area contributed by atoms with Gasteiger partial charge in [-0.3, -0.25) is 4.98 Å². The highest BCUT2D eigenvalue weighted by Crippen LogP contribution is 2.20. The molecule has 0 saturated heterocycles. The van der Waals surface area contributed by atoms with Gasteiger partial charge in [0.2, 0.25) is 0 Å². The number of nitrogens with zero attached hydrogens (tertiary/aromatic N) is 1. The third-order valence-electron chi connectivity index (χ3n) is 3.18. The lowest BCUT2D eigenvalue weighted by atomic mass is 10.1. The highest BCUT2D eigenvalue weighted by molar-refractivity contribution is 7.99. The summed E-state index contributed by atoms with van der Waals surface area (Å²) in [6.07, 6.45) is 5.77. The van der Waals surface area contributed by atoms with Crippen molar-refractivity contribution in [3.8, 4) is 0 Å². The molecular formula is C17H21FN2S. The Balaban J connectivity index is 1.91. The van der Waals surface area contributed by atoms with Crippen LogP contribution in [0.4, 0.5) is 4.39 Å². The van der Waals surface area contributed by atoms with Gasteiger partial charge in [-0.05, 0) is 61.3 Å². The first-order valence-electron chi connectivity index (χ1n) is 7.28. The monoisotopic (exact) mass is 304 g/mol. The average molecular weight is 304 g/mol. The fraction of sp³-hybridized carbons (Fsp3) is 0.353. The molecular weight excluding hydrogens is 283 g/mol. The van der Waals surface area contributed by atoms with Gasteiger partial charge in [-0.2, -0.15) is 0 Å². The minimum atomic E-state index is -0.184. The van der Waals surface area contributed by atoms with E-state index in [2.05, 4.69) is 29.4 Å². The second-order valence-corrected chi connectivity index (χ2v) is 6.07. The molecule has 0 aliphatic rings. The van der Waals surface area contributed by atoms with Gasteiger partial charge >= 0.3 is 0 Å². The minimum absolute atomic E-state index is 0.184. The SMILES string of the molecule is CCCNC(CSc1ccc(F)cc1)Cc1ccncc1. The molecule has 1 N–H and O–H groups in total. The molecule has 2 nitrogen and oxygen atoms in total. The molecule has 0 aliphatic heterocycles. The third-order valence-corrected chi connectivity index (χ3v) is 4.35. The molecule has 0 radical (unpaired) electrons. The van der Waals surface area contributed by atoms with Gasteiger partial charge in [-0.15, -0.1) is 11.8 Å². The molecule has 0 bridgehead atoms. The predicted octanol–water partition coefficient (Wildman–Crippen LogP) is 3.92. The van der Waals surface area contributed by atoms with Crippen LogP contribution in [0.2, 0.25) is 0 Å². The Morgan fingerprint density at radius 1 is 1.14 bits per heavy atom. The molecule has 21 heavy (non-hydrogen) atoms. The summed E-state index contributed by atoms with van der Waals surface area (Å²) >= 11 is 1.76. The first-order chi connectivity index (χ1) is 10.3. The number of nitrogens with one attached hydrogen (secondary N) is 1. The minimum Gasteiger partial charge on any atom is -0.313 e. The maximum atomic E-state index is 12.9. The molecule has 1 unspecified atom stereocenters. The summed E-state index contributed by atoms with van der Waals surface area (Å²) < 4.78 is 12.9. The van der Waals surface area contributed by atoms with Crippen LogP contribution < -0.4 is 5.32 Å². The highest BCUT2D eigenvalue weighted by Gasteiger charge is 2.09. The van der Waals surface area contributed by atoms with Crippen molar-refractivity contribution in [2.24, 2.45) is 0 Å². The van der Waals surface area contributed by atoms with E-state index in [1.54, 1.807) is 11.8 Å². The summed E-state index contributed by atoms with van der Waals surface area (Å²) in [5, 5.41) is 3.58. The van der Waals surface area contributed by atoms with E-state index in [0.717, 1.165) is 30.0 Å². The van der Waals surface area contributed by atoms with Gasteiger partial charge < -0.3 is 5.32 Å². The number of hydrogen-bond donors (Lipinski definition) is 1. The van der Waals surface area contributed by atoms with Crippen LogP contribution in [0.15, 0.2) is 53.7 Å². The lowest BCUT2D eigenvalue weighted by Gasteiger charge is -2.18. The van der Waals surface area contributed by atoms with Gasteiger partial charge in [-0.1, -0.05) is 6.92 Å².